The zero-order chi connectivity index (χ0) is 13.9. The number of nitrogens with one attached hydrogen (secondary N) is 1. The van der Waals surface area contributed by atoms with Gasteiger partial charge in [0.2, 0.25) is 0 Å². The molecule has 0 radical (unpaired) electrons. The fourth-order valence-corrected chi connectivity index (χ4v) is 3.09. The van der Waals surface area contributed by atoms with Gasteiger partial charge < -0.3 is 5.32 Å². The van der Waals surface area contributed by atoms with Crippen LogP contribution in [0.2, 0.25) is 0 Å². The summed E-state index contributed by atoms with van der Waals surface area (Å²) < 4.78 is 2.19. The lowest BCUT2D eigenvalue weighted by molar-refractivity contribution is 0.532. The van der Waals surface area contributed by atoms with E-state index in [0.717, 1.165) is 13.0 Å². The molecule has 20 heavy (non-hydrogen) atoms. The minimum Gasteiger partial charge on any atom is -0.313 e. The Morgan fingerprint density at radius 3 is 2.80 bits per heavy atom. The standard InChI is InChI=1S/C17H23N3/c1-13-7-9-14(10-8-13)12-20-17-6-4-3-5-16(18-2)15(17)11-19-20/h7-11,16,18H,3-6,12H2,1-2H3. The van der Waals surface area contributed by atoms with Crippen molar-refractivity contribution in [3.63, 3.8) is 0 Å². The second kappa shape index (κ2) is 5.80. The first-order valence-corrected chi connectivity index (χ1v) is 7.55. The van der Waals surface area contributed by atoms with Crippen molar-refractivity contribution in [2.45, 2.75) is 45.2 Å². The van der Waals surface area contributed by atoms with Gasteiger partial charge in [-0.05, 0) is 38.8 Å². The largest absolute Gasteiger partial charge is 0.313 e. The molecule has 1 aromatic heterocycles. The van der Waals surface area contributed by atoms with E-state index < -0.39 is 0 Å². The van der Waals surface area contributed by atoms with E-state index in [1.807, 2.05) is 0 Å². The maximum Gasteiger partial charge on any atom is 0.0662 e. The molecule has 1 aliphatic carbocycles. The lowest BCUT2D eigenvalue weighted by atomic mass is 10.1. The Bertz CT molecular complexity index is 568. The lowest BCUT2D eigenvalue weighted by Crippen LogP contribution is -2.16. The van der Waals surface area contributed by atoms with Gasteiger partial charge in [-0.3, -0.25) is 4.68 Å². The highest BCUT2D eigenvalue weighted by Crippen LogP contribution is 2.28. The second-order valence-corrected chi connectivity index (χ2v) is 5.78. The van der Waals surface area contributed by atoms with Gasteiger partial charge in [-0.15, -0.1) is 0 Å². The van der Waals surface area contributed by atoms with Gasteiger partial charge >= 0.3 is 0 Å². The van der Waals surface area contributed by atoms with Gasteiger partial charge in [-0.25, -0.2) is 0 Å². The van der Waals surface area contributed by atoms with E-state index >= 15 is 0 Å². The van der Waals surface area contributed by atoms with E-state index in [4.69, 9.17) is 0 Å². The third-order valence-electron chi connectivity index (χ3n) is 4.31. The van der Waals surface area contributed by atoms with Crippen molar-refractivity contribution in [1.82, 2.24) is 15.1 Å². The van der Waals surface area contributed by atoms with Gasteiger partial charge in [-0.1, -0.05) is 36.2 Å². The molecule has 0 saturated heterocycles. The molecule has 1 aliphatic rings. The summed E-state index contributed by atoms with van der Waals surface area (Å²) in [7, 11) is 2.05. The van der Waals surface area contributed by atoms with Gasteiger partial charge in [0.15, 0.2) is 0 Å². The van der Waals surface area contributed by atoms with Crippen LogP contribution in [-0.4, -0.2) is 16.8 Å². The molecule has 1 unspecified atom stereocenters. The van der Waals surface area contributed by atoms with Crippen LogP contribution in [0.3, 0.4) is 0 Å². The van der Waals surface area contributed by atoms with E-state index in [2.05, 4.69) is 59.5 Å². The summed E-state index contributed by atoms with van der Waals surface area (Å²) in [5.74, 6) is 0. The summed E-state index contributed by atoms with van der Waals surface area (Å²) in [6.45, 7) is 3.01. The van der Waals surface area contributed by atoms with E-state index in [-0.39, 0.29) is 0 Å². The van der Waals surface area contributed by atoms with Crippen LogP contribution in [0.25, 0.3) is 0 Å². The zero-order valence-electron chi connectivity index (χ0n) is 12.4. The van der Waals surface area contributed by atoms with E-state index in [1.165, 1.54) is 41.6 Å². The van der Waals surface area contributed by atoms with E-state index in [1.54, 1.807) is 0 Å². The van der Waals surface area contributed by atoms with Crippen LogP contribution in [0.5, 0.6) is 0 Å². The Morgan fingerprint density at radius 2 is 2.05 bits per heavy atom. The highest BCUT2D eigenvalue weighted by Gasteiger charge is 2.21. The Kier molecular flexibility index (Phi) is 3.88. The summed E-state index contributed by atoms with van der Waals surface area (Å²) in [6, 6.07) is 9.23. The molecule has 3 heteroatoms. The van der Waals surface area contributed by atoms with Gasteiger partial charge in [0.1, 0.15) is 0 Å². The fourth-order valence-electron chi connectivity index (χ4n) is 3.09. The van der Waals surface area contributed by atoms with Crippen LogP contribution in [0.1, 0.15) is 47.7 Å². The van der Waals surface area contributed by atoms with Crippen molar-refractivity contribution in [3.8, 4) is 0 Å². The zero-order valence-corrected chi connectivity index (χ0v) is 12.4. The minimum atomic E-state index is 0.472. The van der Waals surface area contributed by atoms with Gasteiger partial charge in [0, 0.05) is 17.3 Å². The number of rotatable bonds is 3. The summed E-state index contributed by atoms with van der Waals surface area (Å²) in [5.41, 5.74) is 5.45. The first-order valence-electron chi connectivity index (χ1n) is 7.55. The molecule has 0 bridgehead atoms. The lowest BCUT2D eigenvalue weighted by Gasteiger charge is -2.13. The van der Waals surface area contributed by atoms with Crippen molar-refractivity contribution < 1.29 is 0 Å². The van der Waals surface area contributed by atoms with E-state index in [9.17, 15) is 0 Å². The number of hydrogen-bond acceptors (Lipinski definition) is 2. The van der Waals surface area contributed by atoms with Crippen molar-refractivity contribution in [3.05, 3.63) is 52.8 Å². The monoisotopic (exact) mass is 269 g/mol. The molecule has 0 aliphatic heterocycles. The minimum absolute atomic E-state index is 0.472. The maximum absolute atomic E-state index is 4.63. The smallest absolute Gasteiger partial charge is 0.0662 e. The number of aryl methyl sites for hydroxylation is 1. The molecular weight excluding hydrogens is 246 g/mol. The summed E-state index contributed by atoms with van der Waals surface area (Å²) in [4.78, 5) is 0. The van der Waals surface area contributed by atoms with Gasteiger partial charge in [-0.2, -0.15) is 5.10 Å². The molecule has 1 heterocycles. The van der Waals surface area contributed by atoms with E-state index in [0.29, 0.717) is 6.04 Å². The Morgan fingerprint density at radius 1 is 1.25 bits per heavy atom. The predicted molar refractivity (Wildman–Crippen MR) is 81.9 cm³/mol. The average molecular weight is 269 g/mol. The van der Waals surface area contributed by atoms with Crippen LogP contribution in [-0.2, 0) is 13.0 Å². The highest BCUT2D eigenvalue weighted by atomic mass is 15.3. The SMILES string of the molecule is CNC1CCCCc2c1cnn2Cc1ccc(C)cc1. The summed E-state index contributed by atoms with van der Waals surface area (Å²) in [5, 5.41) is 8.06. The third kappa shape index (κ3) is 2.63. The van der Waals surface area contributed by atoms with Gasteiger partial charge in [0.05, 0.1) is 12.7 Å². The Balaban J connectivity index is 1.87. The van der Waals surface area contributed by atoms with Crippen molar-refractivity contribution in [1.29, 1.82) is 0 Å². The molecule has 0 fully saturated rings. The predicted octanol–water partition coefficient (Wildman–Crippen LogP) is 3.23. The third-order valence-corrected chi connectivity index (χ3v) is 4.31. The number of hydrogen-bond donors (Lipinski definition) is 1. The van der Waals surface area contributed by atoms with Crippen LogP contribution < -0.4 is 5.32 Å². The normalized spacial score (nSPS) is 18.6. The number of aromatic nitrogens is 2. The molecule has 1 N–H and O–H groups in total. The van der Waals surface area contributed by atoms with Crippen molar-refractivity contribution >= 4 is 0 Å². The van der Waals surface area contributed by atoms with Crippen LogP contribution in [0.4, 0.5) is 0 Å². The molecule has 0 saturated carbocycles. The highest BCUT2D eigenvalue weighted by molar-refractivity contribution is 5.26. The summed E-state index contributed by atoms with van der Waals surface area (Å²) >= 11 is 0. The van der Waals surface area contributed by atoms with Crippen LogP contribution in [0, 0.1) is 6.92 Å². The van der Waals surface area contributed by atoms with Gasteiger partial charge in [0.25, 0.3) is 0 Å². The Hall–Kier alpha value is -1.61. The first-order chi connectivity index (χ1) is 9.78. The number of fused-ring (bicyclic) bond motifs is 1. The second-order valence-electron chi connectivity index (χ2n) is 5.78. The van der Waals surface area contributed by atoms with Crippen molar-refractivity contribution in [2.24, 2.45) is 0 Å². The number of nitrogens with zero attached hydrogens (tertiary/aromatic N) is 2. The molecule has 2 aromatic rings. The molecule has 0 amide bonds. The average Bonchev–Trinajstić information content (AvgIpc) is 2.73. The molecule has 3 rings (SSSR count). The molecule has 3 nitrogen and oxygen atoms in total. The van der Waals surface area contributed by atoms with Crippen molar-refractivity contribution in [2.75, 3.05) is 7.05 Å². The fraction of sp³-hybridized carbons (Fsp3) is 0.471. The number of benzene rings is 1. The quantitative estimate of drug-likeness (QED) is 0.867. The molecule has 1 atom stereocenters. The topological polar surface area (TPSA) is 29.9 Å². The Labute approximate surface area is 121 Å². The maximum atomic E-state index is 4.63. The molecule has 106 valence electrons. The summed E-state index contributed by atoms with van der Waals surface area (Å²) in [6.07, 6.45) is 7.00. The first kappa shape index (κ1) is 13.4. The molecule has 0 spiro atoms. The molecule has 1 aromatic carbocycles. The molecular formula is C17H23N3. The van der Waals surface area contributed by atoms with Crippen LogP contribution in [0.15, 0.2) is 30.5 Å². The van der Waals surface area contributed by atoms with Crippen LogP contribution >= 0.6 is 0 Å².